The van der Waals surface area contributed by atoms with Crippen LogP contribution in [0.5, 0.6) is 0 Å². The van der Waals surface area contributed by atoms with E-state index in [9.17, 15) is 18.0 Å². The van der Waals surface area contributed by atoms with E-state index in [2.05, 4.69) is 0 Å². The lowest BCUT2D eigenvalue weighted by molar-refractivity contribution is -0.333. The normalized spacial score (nSPS) is 24.9. The van der Waals surface area contributed by atoms with Crippen LogP contribution in [0, 0.1) is 0 Å². The van der Waals surface area contributed by atoms with E-state index in [1.165, 1.54) is 24.3 Å². The first kappa shape index (κ1) is 11.1. The van der Waals surface area contributed by atoms with Gasteiger partial charge in [0.05, 0.1) is 6.61 Å². The van der Waals surface area contributed by atoms with Crippen molar-refractivity contribution in [1.29, 1.82) is 0 Å². The maximum absolute atomic E-state index is 12.8. The Labute approximate surface area is 90.0 Å². The molecule has 1 aliphatic rings. The van der Waals surface area contributed by atoms with Gasteiger partial charge in [0.1, 0.15) is 6.29 Å². The minimum Gasteiger partial charge on any atom is -0.361 e. The molecule has 1 aromatic rings. The Bertz CT molecular complexity index is 391. The summed E-state index contributed by atoms with van der Waals surface area (Å²) in [5.74, 6) is 0. The molecular weight excluding hydrogens is 221 g/mol. The quantitative estimate of drug-likeness (QED) is 0.730. The third-order valence-electron chi connectivity index (χ3n) is 2.77. The SMILES string of the molecule is O=Cc1ccc(C2(C(F)(F)F)CCO2)cc1. The minimum absolute atomic E-state index is 0.0526. The van der Waals surface area contributed by atoms with E-state index >= 15 is 0 Å². The predicted octanol–water partition coefficient (Wildman–Crippen LogP) is 2.68. The van der Waals surface area contributed by atoms with Gasteiger partial charge in [-0.2, -0.15) is 13.2 Å². The molecular formula is C11H9F3O2. The lowest BCUT2D eigenvalue weighted by atomic mass is 9.85. The molecule has 1 heterocycles. The van der Waals surface area contributed by atoms with Crippen molar-refractivity contribution in [3.8, 4) is 0 Å². The fourth-order valence-electron chi connectivity index (χ4n) is 1.75. The fourth-order valence-corrected chi connectivity index (χ4v) is 1.75. The number of rotatable bonds is 2. The van der Waals surface area contributed by atoms with Crippen LogP contribution < -0.4 is 0 Å². The van der Waals surface area contributed by atoms with Crippen molar-refractivity contribution in [2.45, 2.75) is 18.2 Å². The maximum atomic E-state index is 12.8. The summed E-state index contributed by atoms with van der Waals surface area (Å²) in [6, 6.07) is 5.29. The number of carbonyl (C=O) groups excluding carboxylic acids is 1. The molecule has 5 heteroatoms. The molecule has 0 aromatic heterocycles. The number of hydrogen-bond donors (Lipinski definition) is 0. The summed E-state index contributed by atoms with van der Waals surface area (Å²) in [5, 5.41) is 0. The van der Waals surface area contributed by atoms with Crippen molar-refractivity contribution in [1.82, 2.24) is 0 Å². The van der Waals surface area contributed by atoms with Gasteiger partial charge in [0.2, 0.25) is 0 Å². The molecule has 0 aliphatic carbocycles. The van der Waals surface area contributed by atoms with Gasteiger partial charge in [0, 0.05) is 12.0 Å². The summed E-state index contributed by atoms with van der Waals surface area (Å²) >= 11 is 0. The number of halogens is 3. The summed E-state index contributed by atoms with van der Waals surface area (Å²) in [5.41, 5.74) is -1.77. The van der Waals surface area contributed by atoms with Crippen LogP contribution in [0.25, 0.3) is 0 Å². The highest BCUT2D eigenvalue weighted by Gasteiger charge is 2.61. The van der Waals surface area contributed by atoms with E-state index in [-0.39, 0.29) is 18.6 Å². The third-order valence-corrected chi connectivity index (χ3v) is 2.77. The van der Waals surface area contributed by atoms with E-state index < -0.39 is 11.8 Å². The molecule has 86 valence electrons. The molecule has 1 fully saturated rings. The topological polar surface area (TPSA) is 26.3 Å². The van der Waals surface area contributed by atoms with Crippen molar-refractivity contribution in [2.24, 2.45) is 0 Å². The average Bonchev–Trinajstić information content (AvgIpc) is 2.15. The molecule has 0 saturated carbocycles. The van der Waals surface area contributed by atoms with Crippen LogP contribution >= 0.6 is 0 Å². The Morgan fingerprint density at radius 2 is 1.81 bits per heavy atom. The van der Waals surface area contributed by atoms with Gasteiger partial charge >= 0.3 is 6.18 Å². The second-order valence-corrected chi connectivity index (χ2v) is 3.66. The number of ether oxygens (including phenoxy) is 1. The molecule has 1 unspecified atom stereocenters. The van der Waals surface area contributed by atoms with Crippen LogP contribution in [0.2, 0.25) is 0 Å². The summed E-state index contributed by atoms with van der Waals surface area (Å²) < 4.78 is 43.2. The average molecular weight is 230 g/mol. The Morgan fingerprint density at radius 1 is 1.25 bits per heavy atom. The molecule has 0 bridgehead atoms. The van der Waals surface area contributed by atoms with Crippen LogP contribution in [-0.4, -0.2) is 19.1 Å². The number of alkyl halides is 3. The van der Waals surface area contributed by atoms with Gasteiger partial charge in [-0.15, -0.1) is 0 Å². The molecule has 0 spiro atoms. The van der Waals surface area contributed by atoms with Crippen LogP contribution in [0.15, 0.2) is 24.3 Å². The van der Waals surface area contributed by atoms with Gasteiger partial charge in [0.25, 0.3) is 0 Å². The highest BCUT2D eigenvalue weighted by Crippen LogP contribution is 2.49. The summed E-state index contributed by atoms with van der Waals surface area (Å²) in [4.78, 5) is 10.4. The second-order valence-electron chi connectivity index (χ2n) is 3.66. The zero-order valence-corrected chi connectivity index (χ0v) is 8.25. The van der Waals surface area contributed by atoms with Gasteiger partial charge in [-0.3, -0.25) is 4.79 Å². The van der Waals surface area contributed by atoms with E-state index in [1.54, 1.807) is 0 Å². The summed E-state index contributed by atoms with van der Waals surface area (Å²) in [6.45, 7) is 0.106. The largest absolute Gasteiger partial charge is 0.421 e. The van der Waals surface area contributed by atoms with Crippen molar-refractivity contribution in [3.63, 3.8) is 0 Å². The second kappa shape index (κ2) is 3.59. The van der Waals surface area contributed by atoms with Crippen molar-refractivity contribution >= 4 is 6.29 Å². The highest BCUT2D eigenvalue weighted by molar-refractivity contribution is 5.74. The molecule has 0 amide bonds. The van der Waals surface area contributed by atoms with Gasteiger partial charge < -0.3 is 4.74 Å². The minimum atomic E-state index is -4.42. The highest BCUT2D eigenvalue weighted by atomic mass is 19.4. The zero-order chi connectivity index (χ0) is 11.8. The zero-order valence-electron chi connectivity index (χ0n) is 8.25. The van der Waals surface area contributed by atoms with E-state index in [1.807, 2.05) is 0 Å². The lowest BCUT2D eigenvalue weighted by Crippen LogP contribution is -2.52. The fraction of sp³-hybridized carbons (Fsp3) is 0.364. The third kappa shape index (κ3) is 1.51. The van der Waals surface area contributed by atoms with Crippen LogP contribution in [-0.2, 0) is 10.3 Å². The molecule has 2 nitrogen and oxygen atoms in total. The standard InChI is InChI=1S/C11H9F3O2/c12-11(13,14)10(5-6-16-10)9-3-1-8(7-15)2-4-9/h1-4,7H,5-6H2. The van der Waals surface area contributed by atoms with Crippen LogP contribution in [0.4, 0.5) is 13.2 Å². The first-order valence-electron chi connectivity index (χ1n) is 4.76. The molecule has 0 radical (unpaired) electrons. The van der Waals surface area contributed by atoms with E-state index in [4.69, 9.17) is 4.74 Å². The van der Waals surface area contributed by atoms with Crippen LogP contribution in [0.1, 0.15) is 22.3 Å². The first-order chi connectivity index (χ1) is 7.49. The molecule has 16 heavy (non-hydrogen) atoms. The van der Waals surface area contributed by atoms with Gasteiger partial charge in [-0.25, -0.2) is 0 Å². The first-order valence-corrected chi connectivity index (χ1v) is 4.76. The lowest BCUT2D eigenvalue weighted by Gasteiger charge is -2.43. The molecule has 0 N–H and O–H groups in total. The molecule has 1 aliphatic heterocycles. The Hall–Kier alpha value is -1.36. The van der Waals surface area contributed by atoms with Crippen molar-refractivity contribution in [3.05, 3.63) is 35.4 Å². The molecule has 1 saturated heterocycles. The Kier molecular flexibility index (Phi) is 2.50. The van der Waals surface area contributed by atoms with Gasteiger partial charge in [0.15, 0.2) is 5.60 Å². The number of hydrogen-bond acceptors (Lipinski definition) is 2. The number of benzene rings is 1. The Morgan fingerprint density at radius 3 is 2.12 bits per heavy atom. The van der Waals surface area contributed by atoms with Gasteiger partial charge in [-0.1, -0.05) is 24.3 Å². The van der Waals surface area contributed by atoms with Gasteiger partial charge in [-0.05, 0) is 5.56 Å². The number of carbonyl (C=O) groups is 1. The van der Waals surface area contributed by atoms with Crippen LogP contribution in [0.3, 0.4) is 0 Å². The van der Waals surface area contributed by atoms with Crippen molar-refractivity contribution < 1.29 is 22.7 Å². The Balaban J connectivity index is 2.37. The molecule has 1 aromatic carbocycles. The smallest absolute Gasteiger partial charge is 0.361 e. The van der Waals surface area contributed by atoms with E-state index in [0.29, 0.717) is 11.8 Å². The monoisotopic (exact) mass is 230 g/mol. The number of aldehydes is 1. The maximum Gasteiger partial charge on any atom is 0.421 e. The van der Waals surface area contributed by atoms with Crippen molar-refractivity contribution in [2.75, 3.05) is 6.61 Å². The summed E-state index contributed by atoms with van der Waals surface area (Å²) in [6.07, 6.45) is -3.91. The predicted molar refractivity (Wildman–Crippen MR) is 50.1 cm³/mol. The molecule has 2 rings (SSSR count). The summed E-state index contributed by atoms with van der Waals surface area (Å²) in [7, 11) is 0. The van der Waals surface area contributed by atoms with E-state index in [0.717, 1.165) is 0 Å². The molecule has 1 atom stereocenters.